The maximum atomic E-state index is 2.48. The molecule has 0 N–H and O–H groups in total. The first-order valence-electron chi connectivity index (χ1n) is 14.6. The third kappa shape index (κ3) is 4.55. The first-order chi connectivity index (χ1) is 19.8. The van der Waals surface area contributed by atoms with Gasteiger partial charge in [-0.15, -0.1) is 0 Å². The molecule has 0 atom stereocenters. The fourth-order valence-electron chi connectivity index (χ4n) is 7.02. The Morgan fingerprint density at radius 1 is 0.415 bits per heavy atom. The molecule has 0 aromatic heterocycles. The molecule has 6 rings (SSSR count). The highest BCUT2D eigenvalue weighted by molar-refractivity contribution is 7.23. The maximum absolute atomic E-state index is 2.73. The van der Waals surface area contributed by atoms with Crippen LogP contribution in [0.5, 0.6) is 0 Å². The van der Waals surface area contributed by atoms with Crippen LogP contribution in [-0.4, -0.2) is 8.07 Å². The lowest BCUT2D eigenvalue weighted by Gasteiger charge is -2.45. The average Bonchev–Trinajstić information content (AvgIpc) is 3.32. The summed E-state index contributed by atoms with van der Waals surface area (Å²) >= 11 is 0. The predicted octanol–water partition coefficient (Wildman–Crippen LogP) is 10.1. The smallest absolute Gasteiger partial charge is 0.0624 e. The topological polar surface area (TPSA) is 0 Å². The molecule has 0 nitrogen and oxygen atoms in total. The normalized spacial score (nSPS) is 15.0. The van der Waals surface area contributed by atoms with Gasteiger partial charge in [0, 0.05) is 0 Å². The van der Waals surface area contributed by atoms with Crippen LogP contribution in [0.1, 0.15) is 54.2 Å². The number of hydrogen-bond acceptors (Lipinski definition) is 0. The number of aryl methyl sites for hydroxylation is 2. The second-order valence-electron chi connectivity index (χ2n) is 12.3. The van der Waals surface area contributed by atoms with E-state index in [0.717, 1.165) is 0 Å². The molecule has 0 amide bonds. The van der Waals surface area contributed by atoms with Gasteiger partial charge in [-0.25, -0.2) is 0 Å². The fraction of sp³-hybridized carbons (Fsp3) is 0.150. The van der Waals surface area contributed by atoms with Crippen molar-refractivity contribution in [2.75, 3.05) is 0 Å². The van der Waals surface area contributed by atoms with E-state index in [2.05, 4.69) is 174 Å². The molecule has 1 heterocycles. The Morgan fingerprint density at radius 2 is 0.780 bits per heavy atom. The van der Waals surface area contributed by atoms with Crippen molar-refractivity contribution < 1.29 is 0 Å². The van der Waals surface area contributed by atoms with Gasteiger partial charge in [-0.05, 0) is 67.9 Å². The standard InChI is InChI=1S/C40H38Si/c1-29-17-15-23-33(27-29)38-36(31-19-9-6-10-20-31)37(32-21-11-7-12-22-32)39(34-24-16-18-30(2)28-34)41(38,40(3,4)5)35-25-13-8-14-26-35/h6-28H,1-5H3. The summed E-state index contributed by atoms with van der Waals surface area (Å²) in [5, 5.41) is 4.45. The minimum Gasteiger partial charge on any atom is -0.0624 e. The zero-order valence-electron chi connectivity index (χ0n) is 24.8. The van der Waals surface area contributed by atoms with Crippen molar-refractivity contribution in [3.05, 3.63) is 173 Å². The van der Waals surface area contributed by atoms with Gasteiger partial charge in [-0.2, -0.15) is 0 Å². The van der Waals surface area contributed by atoms with Crippen molar-refractivity contribution >= 4 is 34.8 Å². The van der Waals surface area contributed by atoms with Crippen LogP contribution < -0.4 is 5.19 Å². The average molecular weight is 547 g/mol. The quantitative estimate of drug-likeness (QED) is 0.192. The summed E-state index contributed by atoms with van der Waals surface area (Å²) in [6, 6.07) is 52.1. The zero-order chi connectivity index (χ0) is 28.6. The zero-order valence-corrected chi connectivity index (χ0v) is 25.8. The van der Waals surface area contributed by atoms with E-state index >= 15 is 0 Å². The largest absolute Gasteiger partial charge is 0.156 e. The van der Waals surface area contributed by atoms with Crippen molar-refractivity contribution in [1.82, 2.24) is 0 Å². The molecule has 0 saturated carbocycles. The van der Waals surface area contributed by atoms with Gasteiger partial charge in [0.15, 0.2) is 8.07 Å². The molecular formula is C40H38Si. The van der Waals surface area contributed by atoms with Gasteiger partial charge in [0.2, 0.25) is 0 Å². The van der Waals surface area contributed by atoms with Gasteiger partial charge in [-0.3, -0.25) is 0 Å². The van der Waals surface area contributed by atoms with Crippen LogP contribution in [0.4, 0.5) is 0 Å². The molecule has 0 aliphatic carbocycles. The first kappa shape index (κ1) is 27.0. The van der Waals surface area contributed by atoms with Crippen LogP contribution in [0.2, 0.25) is 5.04 Å². The SMILES string of the molecule is Cc1cccc(C2=C(c3ccccc3)C(c3ccccc3)=C(c3cccc(C)c3)[Si]2(c2ccccc2)C(C)(C)C)c1. The van der Waals surface area contributed by atoms with E-state index in [1.54, 1.807) is 0 Å². The molecule has 0 saturated heterocycles. The number of rotatable bonds is 5. The van der Waals surface area contributed by atoms with E-state index in [0.29, 0.717) is 0 Å². The Labute approximate surface area is 246 Å². The number of hydrogen-bond donors (Lipinski definition) is 0. The van der Waals surface area contributed by atoms with Crippen LogP contribution in [0.3, 0.4) is 0 Å². The second-order valence-corrected chi connectivity index (χ2v) is 16.9. The number of allylic oxidation sites excluding steroid dienone is 2. The molecule has 5 aromatic carbocycles. The predicted molar refractivity (Wildman–Crippen MR) is 180 cm³/mol. The Kier molecular flexibility index (Phi) is 7.01. The van der Waals surface area contributed by atoms with E-state index < -0.39 is 8.07 Å². The molecule has 0 fully saturated rings. The molecule has 1 heteroatoms. The lowest BCUT2D eigenvalue weighted by Crippen LogP contribution is -2.56. The van der Waals surface area contributed by atoms with Gasteiger partial charge < -0.3 is 0 Å². The molecule has 1 aliphatic rings. The van der Waals surface area contributed by atoms with Gasteiger partial charge in [0.05, 0.1) is 0 Å². The maximum Gasteiger partial charge on any atom is 0.156 e. The molecule has 0 radical (unpaired) electrons. The summed E-state index contributed by atoms with van der Waals surface area (Å²) < 4.78 is 0. The van der Waals surface area contributed by atoms with Crippen LogP contribution in [0.25, 0.3) is 21.5 Å². The van der Waals surface area contributed by atoms with Gasteiger partial charge in [-0.1, -0.05) is 171 Å². The van der Waals surface area contributed by atoms with E-state index in [-0.39, 0.29) is 5.04 Å². The van der Waals surface area contributed by atoms with Gasteiger partial charge in [0.25, 0.3) is 0 Å². The molecule has 0 spiro atoms. The van der Waals surface area contributed by atoms with E-state index in [4.69, 9.17) is 0 Å². The summed E-state index contributed by atoms with van der Waals surface area (Å²) in [5.41, 5.74) is 10.6. The molecule has 5 aromatic rings. The molecule has 41 heavy (non-hydrogen) atoms. The minimum atomic E-state index is -2.73. The Bertz CT molecular complexity index is 1650. The molecule has 202 valence electrons. The monoisotopic (exact) mass is 546 g/mol. The Hall–Kier alpha value is -4.20. The van der Waals surface area contributed by atoms with E-state index in [1.807, 2.05) is 0 Å². The highest BCUT2D eigenvalue weighted by Crippen LogP contribution is 2.62. The number of benzene rings is 5. The highest BCUT2D eigenvalue weighted by atomic mass is 28.3. The lowest BCUT2D eigenvalue weighted by molar-refractivity contribution is 0.741. The van der Waals surface area contributed by atoms with Crippen molar-refractivity contribution in [3.63, 3.8) is 0 Å². The second kappa shape index (κ2) is 10.6. The van der Waals surface area contributed by atoms with Crippen molar-refractivity contribution in [1.29, 1.82) is 0 Å². The van der Waals surface area contributed by atoms with Crippen LogP contribution in [0, 0.1) is 13.8 Å². The Morgan fingerprint density at radius 3 is 1.15 bits per heavy atom. The highest BCUT2D eigenvalue weighted by Gasteiger charge is 2.58. The van der Waals surface area contributed by atoms with Crippen molar-refractivity contribution in [2.45, 2.75) is 39.7 Å². The lowest BCUT2D eigenvalue weighted by atomic mass is 9.89. The van der Waals surface area contributed by atoms with Crippen molar-refractivity contribution in [2.24, 2.45) is 0 Å². The van der Waals surface area contributed by atoms with Crippen molar-refractivity contribution in [3.8, 4) is 0 Å². The Balaban J connectivity index is 1.92. The third-order valence-corrected chi connectivity index (χ3v) is 14.6. The van der Waals surface area contributed by atoms with E-state index in [1.165, 1.54) is 60.1 Å². The molecule has 1 aliphatic heterocycles. The summed E-state index contributed by atoms with van der Waals surface area (Å²) in [6.45, 7) is 11.9. The summed E-state index contributed by atoms with van der Waals surface area (Å²) in [6.07, 6.45) is 0. The first-order valence-corrected chi connectivity index (χ1v) is 16.6. The van der Waals surface area contributed by atoms with Gasteiger partial charge in [0.1, 0.15) is 0 Å². The third-order valence-electron chi connectivity index (χ3n) is 8.57. The summed E-state index contributed by atoms with van der Waals surface area (Å²) in [7, 11) is -2.73. The molecule has 0 unspecified atom stereocenters. The van der Waals surface area contributed by atoms with Crippen LogP contribution >= 0.6 is 0 Å². The van der Waals surface area contributed by atoms with Gasteiger partial charge >= 0.3 is 0 Å². The summed E-state index contributed by atoms with van der Waals surface area (Å²) in [5.74, 6) is 0. The summed E-state index contributed by atoms with van der Waals surface area (Å²) in [4.78, 5) is 0. The van der Waals surface area contributed by atoms with Crippen LogP contribution in [-0.2, 0) is 0 Å². The van der Waals surface area contributed by atoms with E-state index in [9.17, 15) is 0 Å². The fourth-order valence-corrected chi connectivity index (χ4v) is 13.4. The molecular weight excluding hydrogens is 509 g/mol. The van der Waals surface area contributed by atoms with Crippen LogP contribution in [0.15, 0.2) is 140 Å². The molecule has 0 bridgehead atoms. The minimum absolute atomic E-state index is 0.0386.